The van der Waals surface area contributed by atoms with E-state index < -0.39 is 0 Å². The van der Waals surface area contributed by atoms with Gasteiger partial charge in [0.15, 0.2) is 0 Å². The highest BCUT2D eigenvalue weighted by Gasteiger charge is 2.12. The van der Waals surface area contributed by atoms with E-state index in [9.17, 15) is 5.11 Å². The molecule has 130 valence electrons. The molecule has 0 fully saturated rings. The van der Waals surface area contributed by atoms with Crippen molar-refractivity contribution >= 4 is 11.8 Å². The zero-order chi connectivity index (χ0) is 17.4. The molecule has 1 N–H and O–H groups in total. The summed E-state index contributed by atoms with van der Waals surface area (Å²) in [6, 6.07) is 19.0. The number of likely N-dealkylation sites (N-methyl/N-ethyl adjacent to an activating group) is 2. The fourth-order valence-corrected chi connectivity index (χ4v) is 3.25. The first kappa shape index (κ1) is 19.0. The third kappa shape index (κ3) is 6.65. The molecule has 0 aromatic heterocycles. The van der Waals surface area contributed by atoms with Crippen LogP contribution in [0, 0.1) is 0 Å². The van der Waals surface area contributed by atoms with Crippen molar-refractivity contribution < 1.29 is 5.11 Å². The Hall–Kier alpha value is -1.33. The lowest BCUT2D eigenvalue weighted by atomic mass is 10.2. The van der Waals surface area contributed by atoms with Crippen LogP contribution in [0.3, 0.4) is 0 Å². The third-order valence-corrected chi connectivity index (χ3v) is 4.70. The molecule has 0 aliphatic rings. The van der Waals surface area contributed by atoms with Crippen molar-refractivity contribution in [3.05, 3.63) is 65.7 Å². The van der Waals surface area contributed by atoms with E-state index in [1.807, 2.05) is 6.07 Å². The van der Waals surface area contributed by atoms with E-state index in [-0.39, 0.29) is 6.10 Å². The SMILES string of the molecule is CSc1ccc(CN(C)CC(O)CN(C)Cc2ccccc2)cc1. The second-order valence-electron chi connectivity index (χ2n) is 6.38. The summed E-state index contributed by atoms with van der Waals surface area (Å²) in [5.41, 5.74) is 2.55. The van der Waals surface area contributed by atoms with E-state index in [1.54, 1.807) is 11.8 Å². The molecule has 1 unspecified atom stereocenters. The summed E-state index contributed by atoms with van der Waals surface area (Å²) in [5, 5.41) is 10.3. The van der Waals surface area contributed by atoms with Gasteiger partial charge >= 0.3 is 0 Å². The number of aliphatic hydroxyl groups excluding tert-OH is 1. The standard InChI is InChI=1S/C20H28N2OS/c1-21(13-17-7-5-4-6-8-17)15-19(23)16-22(2)14-18-9-11-20(24-3)12-10-18/h4-12,19,23H,13-16H2,1-3H3. The van der Waals surface area contributed by atoms with E-state index >= 15 is 0 Å². The quantitative estimate of drug-likeness (QED) is 0.706. The number of benzene rings is 2. The molecule has 0 saturated heterocycles. The Balaban J connectivity index is 1.75. The molecule has 0 radical (unpaired) electrons. The molecule has 0 amide bonds. The van der Waals surface area contributed by atoms with Gasteiger partial charge in [-0.3, -0.25) is 9.80 Å². The number of nitrogens with zero attached hydrogens (tertiary/aromatic N) is 2. The molecule has 2 rings (SSSR count). The summed E-state index contributed by atoms with van der Waals surface area (Å²) in [6.45, 7) is 3.06. The van der Waals surface area contributed by atoms with Gasteiger partial charge in [0.25, 0.3) is 0 Å². The molecule has 0 spiro atoms. The van der Waals surface area contributed by atoms with Crippen molar-refractivity contribution in [3.8, 4) is 0 Å². The number of rotatable bonds is 9. The summed E-state index contributed by atoms with van der Waals surface area (Å²) in [7, 11) is 4.11. The van der Waals surface area contributed by atoms with Gasteiger partial charge in [-0.15, -0.1) is 11.8 Å². The van der Waals surface area contributed by atoms with Crippen LogP contribution in [-0.2, 0) is 13.1 Å². The van der Waals surface area contributed by atoms with Gasteiger partial charge in [-0.2, -0.15) is 0 Å². The lowest BCUT2D eigenvalue weighted by Crippen LogP contribution is -2.37. The molecule has 4 heteroatoms. The summed E-state index contributed by atoms with van der Waals surface area (Å²) in [6.07, 6.45) is 1.73. The second kappa shape index (κ2) is 9.84. The minimum absolute atomic E-state index is 0.353. The van der Waals surface area contributed by atoms with E-state index in [0.717, 1.165) is 13.1 Å². The van der Waals surface area contributed by atoms with E-state index in [4.69, 9.17) is 0 Å². The summed E-state index contributed by atoms with van der Waals surface area (Å²) < 4.78 is 0. The first-order valence-corrected chi connectivity index (χ1v) is 9.51. The van der Waals surface area contributed by atoms with E-state index in [1.165, 1.54) is 16.0 Å². The summed E-state index contributed by atoms with van der Waals surface area (Å²) >= 11 is 1.76. The third-order valence-electron chi connectivity index (χ3n) is 3.95. The normalized spacial score (nSPS) is 12.8. The Morgan fingerprint density at radius 3 is 1.83 bits per heavy atom. The predicted octanol–water partition coefficient (Wildman–Crippen LogP) is 3.33. The van der Waals surface area contributed by atoms with Crippen LogP contribution >= 0.6 is 11.8 Å². The van der Waals surface area contributed by atoms with Gasteiger partial charge in [-0.05, 0) is 43.6 Å². The van der Waals surface area contributed by atoms with Gasteiger partial charge in [0.1, 0.15) is 0 Å². The van der Waals surface area contributed by atoms with Crippen LogP contribution in [0.25, 0.3) is 0 Å². The molecule has 2 aromatic carbocycles. The van der Waals surface area contributed by atoms with Crippen LogP contribution in [0.1, 0.15) is 11.1 Å². The van der Waals surface area contributed by atoms with Crippen molar-refractivity contribution in [1.29, 1.82) is 0 Å². The fourth-order valence-electron chi connectivity index (χ4n) is 2.84. The predicted molar refractivity (Wildman–Crippen MR) is 103 cm³/mol. The number of thioether (sulfide) groups is 1. The Bertz CT molecular complexity index is 588. The van der Waals surface area contributed by atoms with Gasteiger partial charge in [0.05, 0.1) is 6.10 Å². The maximum atomic E-state index is 10.3. The maximum Gasteiger partial charge on any atom is 0.0793 e. The molecule has 0 aliphatic heterocycles. The highest BCUT2D eigenvalue weighted by Crippen LogP contribution is 2.15. The highest BCUT2D eigenvalue weighted by atomic mass is 32.2. The van der Waals surface area contributed by atoms with Crippen LogP contribution in [0.4, 0.5) is 0 Å². The topological polar surface area (TPSA) is 26.7 Å². The zero-order valence-electron chi connectivity index (χ0n) is 14.9. The average Bonchev–Trinajstić information content (AvgIpc) is 2.56. The Morgan fingerprint density at radius 1 is 0.833 bits per heavy atom. The first-order valence-electron chi connectivity index (χ1n) is 8.29. The van der Waals surface area contributed by atoms with E-state index in [0.29, 0.717) is 13.1 Å². The van der Waals surface area contributed by atoms with Crippen LogP contribution < -0.4 is 0 Å². The van der Waals surface area contributed by atoms with Gasteiger partial charge in [0.2, 0.25) is 0 Å². The van der Waals surface area contributed by atoms with Crippen LogP contribution in [-0.4, -0.2) is 54.5 Å². The molecule has 0 bridgehead atoms. The monoisotopic (exact) mass is 344 g/mol. The smallest absolute Gasteiger partial charge is 0.0793 e. The summed E-state index contributed by atoms with van der Waals surface area (Å²) in [4.78, 5) is 5.62. The van der Waals surface area contributed by atoms with Crippen molar-refractivity contribution in [1.82, 2.24) is 9.80 Å². The lowest BCUT2D eigenvalue weighted by molar-refractivity contribution is 0.0868. The van der Waals surface area contributed by atoms with Crippen molar-refractivity contribution in [3.63, 3.8) is 0 Å². The fraction of sp³-hybridized carbons (Fsp3) is 0.400. The maximum absolute atomic E-state index is 10.3. The van der Waals surface area contributed by atoms with Crippen LogP contribution in [0.15, 0.2) is 59.5 Å². The summed E-state index contributed by atoms with van der Waals surface area (Å²) in [5.74, 6) is 0. The Labute approximate surface area is 150 Å². The zero-order valence-corrected chi connectivity index (χ0v) is 15.7. The molecule has 24 heavy (non-hydrogen) atoms. The largest absolute Gasteiger partial charge is 0.390 e. The van der Waals surface area contributed by atoms with Crippen molar-refractivity contribution in [2.75, 3.05) is 33.4 Å². The molecule has 0 saturated carbocycles. The second-order valence-corrected chi connectivity index (χ2v) is 7.26. The molecule has 1 atom stereocenters. The molecular formula is C20H28N2OS. The highest BCUT2D eigenvalue weighted by molar-refractivity contribution is 7.98. The van der Waals surface area contributed by atoms with Crippen molar-refractivity contribution in [2.24, 2.45) is 0 Å². The van der Waals surface area contributed by atoms with Crippen LogP contribution in [0.2, 0.25) is 0 Å². The lowest BCUT2D eigenvalue weighted by Gasteiger charge is -2.25. The Morgan fingerprint density at radius 2 is 1.33 bits per heavy atom. The van der Waals surface area contributed by atoms with E-state index in [2.05, 4.69) is 78.7 Å². The number of hydrogen-bond donors (Lipinski definition) is 1. The first-order chi connectivity index (χ1) is 11.6. The molecule has 0 heterocycles. The van der Waals surface area contributed by atoms with Gasteiger partial charge in [0, 0.05) is 31.1 Å². The van der Waals surface area contributed by atoms with Gasteiger partial charge < -0.3 is 5.11 Å². The number of aliphatic hydroxyl groups is 1. The molecular weight excluding hydrogens is 316 g/mol. The molecule has 0 aliphatic carbocycles. The minimum atomic E-state index is -0.353. The number of hydrogen-bond acceptors (Lipinski definition) is 4. The minimum Gasteiger partial charge on any atom is -0.390 e. The Kier molecular flexibility index (Phi) is 7.79. The molecule has 3 nitrogen and oxygen atoms in total. The molecule has 2 aromatic rings. The van der Waals surface area contributed by atoms with Crippen LogP contribution in [0.5, 0.6) is 0 Å². The van der Waals surface area contributed by atoms with Gasteiger partial charge in [-0.25, -0.2) is 0 Å². The van der Waals surface area contributed by atoms with Crippen molar-refractivity contribution in [2.45, 2.75) is 24.1 Å². The van der Waals surface area contributed by atoms with Gasteiger partial charge in [-0.1, -0.05) is 42.5 Å². The average molecular weight is 345 g/mol.